The second kappa shape index (κ2) is 5.48. The number of halogens is 1. The zero-order valence-corrected chi connectivity index (χ0v) is 9.62. The smallest absolute Gasteiger partial charge is 0.184 e. The molecular formula is C10H13ClN4O. The maximum atomic E-state index is 5.45. The van der Waals surface area contributed by atoms with Crippen molar-refractivity contribution in [3.63, 3.8) is 0 Å². The van der Waals surface area contributed by atoms with Crippen molar-refractivity contribution in [2.24, 2.45) is 5.73 Å². The summed E-state index contributed by atoms with van der Waals surface area (Å²) in [5.41, 5.74) is 6.30. The number of benzene rings is 1. The molecule has 1 aromatic heterocycles. The average Bonchev–Trinajstić information content (AvgIpc) is 2.77. The van der Waals surface area contributed by atoms with Crippen molar-refractivity contribution in [1.82, 2.24) is 15.2 Å². The van der Waals surface area contributed by atoms with Crippen LogP contribution in [0.3, 0.4) is 0 Å². The van der Waals surface area contributed by atoms with Crippen LogP contribution in [0, 0.1) is 0 Å². The summed E-state index contributed by atoms with van der Waals surface area (Å²) in [5, 5.41) is 6.83. The second-order valence-corrected chi connectivity index (χ2v) is 3.01. The lowest BCUT2D eigenvalue weighted by Gasteiger charge is -2.03. The van der Waals surface area contributed by atoms with Gasteiger partial charge in [-0.15, -0.1) is 12.4 Å². The topological polar surface area (TPSA) is 76.8 Å². The average molecular weight is 241 g/mol. The van der Waals surface area contributed by atoms with E-state index in [1.54, 1.807) is 7.11 Å². The molecule has 0 aliphatic carbocycles. The Balaban J connectivity index is 0.00000128. The van der Waals surface area contributed by atoms with Crippen LogP contribution in [0.4, 0.5) is 0 Å². The number of nitrogens with one attached hydrogen (secondary N) is 1. The van der Waals surface area contributed by atoms with Crippen LogP contribution < -0.4 is 10.5 Å². The highest BCUT2D eigenvalue weighted by atomic mass is 35.5. The number of aromatic nitrogens is 3. The van der Waals surface area contributed by atoms with Crippen molar-refractivity contribution in [1.29, 1.82) is 0 Å². The number of para-hydroxylation sites is 1. The van der Waals surface area contributed by atoms with E-state index in [4.69, 9.17) is 10.5 Å². The fourth-order valence-electron chi connectivity index (χ4n) is 1.34. The lowest BCUT2D eigenvalue weighted by molar-refractivity contribution is 0.416. The van der Waals surface area contributed by atoms with Crippen molar-refractivity contribution < 1.29 is 4.74 Å². The number of nitrogens with two attached hydrogens (primary N) is 1. The molecule has 0 fully saturated rings. The van der Waals surface area contributed by atoms with E-state index in [2.05, 4.69) is 15.2 Å². The third-order valence-corrected chi connectivity index (χ3v) is 2.07. The molecule has 2 rings (SSSR count). The predicted molar refractivity (Wildman–Crippen MR) is 63.5 cm³/mol. The molecule has 1 heterocycles. The first-order valence-corrected chi connectivity index (χ1v) is 4.60. The van der Waals surface area contributed by atoms with Gasteiger partial charge < -0.3 is 10.5 Å². The van der Waals surface area contributed by atoms with Crippen molar-refractivity contribution in [3.8, 4) is 17.1 Å². The molecule has 5 nitrogen and oxygen atoms in total. The highest BCUT2D eigenvalue weighted by Crippen LogP contribution is 2.26. The van der Waals surface area contributed by atoms with Crippen LogP contribution in [0.25, 0.3) is 11.4 Å². The van der Waals surface area contributed by atoms with E-state index >= 15 is 0 Å². The van der Waals surface area contributed by atoms with Crippen LogP contribution in [0.1, 0.15) is 5.82 Å². The zero-order chi connectivity index (χ0) is 10.7. The first kappa shape index (κ1) is 12.5. The summed E-state index contributed by atoms with van der Waals surface area (Å²) in [7, 11) is 1.62. The monoisotopic (exact) mass is 240 g/mol. The van der Waals surface area contributed by atoms with Gasteiger partial charge in [-0.2, -0.15) is 5.10 Å². The van der Waals surface area contributed by atoms with E-state index in [9.17, 15) is 0 Å². The van der Waals surface area contributed by atoms with Crippen LogP contribution in [0.15, 0.2) is 24.3 Å². The van der Waals surface area contributed by atoms with Crippen LogP contribution in [-0.2, 0) is 6.54 Å². The Hall–Kier alpha value is -1.59. The Morgan fingerprint density at radius 1 is 1.38 bits per heavy atom. The number of rotatable bonds is 3. The van der Waals surface area contributed by atoms with Crippen molar-refractivity contribution in [3.05, 3.63) is 30.1 Å². The summed E-state index contributed by atoms with van der Waals surface area (Å²) in [6.07, 6.45) is 0. The Morgan fingerprint density at radius 2 is 2.12 bits per heavy atom. The molecule has 0 bridgehead atoms. The lowest BCUT2D eigenvalue weighted by Crippen LogP contribution is -1.98. The fraction of sp³-hybridized carbons (Fsp3) is 0.200. The molecule has 86 valence electrons. The molecular weight excluding hydrogens is 228 g/mol. The number of hydrogen-bond acceptors (Lipinski definition) is 4. The molecule has 0 aliphatic heterocycles. The number of hydrogen-bond donors (Lipinski definition) is 2. The first-order valence-electron chi connectivity index (χ1n) is 4.60. The van der Waals surface area contributed by atoms with E-state index in [0.717, 1.165) is 11.3 Å². The van der Waals surface area contributed by atoms with Crippen LogP contribution >= 0.6 is 12.4 Å². The summed E-state index contributed by atoms with van der Waals surface area (Å²) in [6.45, 7) is 0.349. The molecule has 0 radical (unpaired) electrons. The van der Waals surface area contributed by atoms with Gasteiger partial charge in [0.15, 0.2) is 5.82 Å². The first-order chi connectivity index (χ1) is 7.35. The number of nitrogens with zero attached hydrogens (tertiary/aromatic N) is 2. The summed E-state index contributed by atoms with van der Waals surface area (Å²) in [4.78, 5) is 4.24. The molecule has 6 heteroatoms. The Bertz CT molecular complexity index is 458. The summed E-state index contributed by atoms with van der Waals surface area (Å²) in [5.74, 6) is 2.02. The minimum atomic E-state index is 0. The van der Waals surface area contributed by atoms with Gasteiger partial charge in [-0.05, 0) is 12.1 Å². The number of aromatic amines is 1. The number of ether oxygens (including phenoxy) is 1. The Morgan fingerprint density at radius 3 is 2.75 bits per heavy atom. The van der Waals surface area contributed by atoms with Gasteiger partial charge in [0.1, 0.15) is 11.6 Å². The van der Waals surface area contributed by atoms with Gasteiger partial charge in [0.2, 0.25) is 0 Å². The van der Waals surface area contributed by atoms with E-state index in [1.165, 1.54) is 0 Å². The van der Waals surface area contributed by atoms with Crippen LogP contribution in [0.5, 0.6) is 5.75 Å². The third kappa shape index (κ3) is 2.32. The number of H-pyrrole nitrogens is 1. The molecule has 0 spiro atoms. The normalized spacial score (nSPS) is 9.62. The van der Waals surface area contributed by atoms with Gasteiger partial charge in [-0.1, -0.05) is 12.1 Å². The lowest BCUT2D eigenvalue weighted by atomic mass is 10.2. The molecule has 0 atom stereocenters. The molecule has 0 amide bonds. The molecule has 1 aromatic carbocycles. The van der Waals surface area contributed by atoms with Crippen LogP contribution in [0.2, 0.25) is 0 Å². The Labute approximate surface area is 99.4 Å². The minimum Gasteiger partial charge on any atom is -0.496 e. The van der Waals surface area contributed by atoms with Gasteiger partial charge in [-0.3, -0.25) is 5.10 Å². The molecule has 0 saturated carbocycles. The quantitative estimate of drug-likeness (QED) is 0.849. The van der Waals surface area contributed by atoms with Gasteiger partial charge in [0, 0.05) is 0 Å². The summed E-state index contributed by atoms with van der Waals surface area (Å²) >= 11 is 0. The molecule has 3 N–H and O–H groups in total. The summed E-state index contributed by atoms with van der Waals surface area (Å²) in [6, 6.07) is 7.59. The van der Waals surface area contributed by atoms with Gasteiger partial charge >= 0.3 is 0 Å². The van der Waals surface area contributed by atoms with E-state index in [0.29, 0.717) is 18.2 Å². The van der Waals surface area contributed by atoms with E-state index in [-0.39, 0.29) is 12.4 Å². The zero-order valence-electron chi connectivity index (χ0n) is 8.80. The predicted octanol–water partition coefficient (Wildman–Crippen LogP) is 1.36. The Kier molecular flexibility index (Phi) is 4.28. The van der Waals surface area contributed by atoms with Crippen LogP contribution in [-0.4, -0.2) is 22.3 Å². The van der Waals surface area contributed by atoms with Gasteiger partial charge in [0.05, 0.1) is 19.2 Å². The fourth-order valence-corrected chi connectivity index (χ4v) is 1.34. The standard InChI is InChI=1S/C10H12N4O.ClH/c1-15-8-5-3-2-4-7(8)10-12-9(6-11)13-14-10;/h2-5H,6,11H2,1H3,(H,12,13,14);1H. The maximum absolute atomic E-state index is 5.45. The van der Waals surface area contributed by atoms with Gasteiger partial charge in [-0.25, -0.2) is 4.98 Å². The largest absolute Gasteiger partial charge is 0.496 e. The number of methoxy groups -OCH3 is 1. The molecule has 0 aliphatic rings. The summed E-state index contributed by atoms with van der Waals surface area (Å²) < 4.78 is 5.22. The molecule has 2 aromatic rings. The van der Waals surface area contributed by atoms with E-state index < -0.39 is 0 Å². The molecule has 16 heavy (non-hydrogen) atoms. The van der Waals surface area contributed by atoms with Crippen molar-refractivity contribution >= 4 is 12.4 Å². The molecule has 0 saturated heterocycles. The minimum absolute atomic E-state index is 0. The van der Waals surface area contributed by atoms with Crippen molar-refractivity contribution in [2.45, 2.75) is 6.54 Å². The highest BCUT2D eigenvalue weighted by Gasteiger charge is 2.09. The third-order valence-electron chi connectivity index (χ3n) is 2.07. The van der Waals surface area contributed by atoms with E-state index in [1.807, 2.05) is 24.3 Å². The molecule has 0 unspecified atom stereocenters. The highest BCUT2D eigenvalue weighted by molar-refractivity contribution is 5.85. The van der Waals surface area contributed by atoms with Crippen molar-refractivity contribution in [2.75, 3.05) is 7.11 Å². The maximum Gasteiger partial charge on any atom is 0.184 e. The second-order valence-electron chi connectivity index (χ2n) is 3.01. The SMILES string of the molecule is COc1ccccc1-c1n[nH]c(CN)n1.Cl. The van der Waals surface area contributed by atoms with Gasteiger partial charge in [0.25, 0.3) is 0 Å².